The van der Waals surface area contributed by atoms with Gasteiger partial charge in [0.2, 0.25) is 5.95 Å². The molecule has 2 N–H and O–H groups in total. The van der Waals surface area contributed by atoms with Gasteiger partial charge in [-0.2, -0.15) is 4.98 Å². The highest BCUT2D eigenvalue weighted by atomic mass is 16.4. The average Bonchev–Trinajstić information content (AvgIpc) is 2.75. The molecule has 7 nitrogen and oxygen atoms in total. The Morgan fingerprint density at radius 2 is 1.77 bits per heavy atom. The van der Waals surface area contributed by atoms with E-state index in [1.165, 1.54) is 4.90 Å². The number of rotatable bonds is 5. The second kappa shape index (κ2) is 8.57. The summed E-state index contributed by atoms with van der Waals surface area (Å²) in [7, 11) is 3.90. The first-order valence-electron chi connectivity index (χ1n) is 10.3. The number of nitrogens with zero attached hydrogens (tertiary/aromatic N) is 4. The third-order valence-corrected chi connectivity index (χ3v) is 5.71. The van der Waals surface area contributed by atoms with E-state index in [4.69, 9.17) is 0 Å². The molecular weight excluding hydrogens is 378 g/mol. The molecule has 1 aliphatic carbocycles. The number of aromatic nitrogens is 2. The molecule has 1 amide bonds. The number of carboxylic acid groups (broad SMARTS) is 1. The Morgan fingerprint density at radius 3 is 2.47 bits per heavy atom. The summed E-state index contributed by atoms with van der Waals surface area (Å²) in [5.41, 5.74) is 0.736. The molecule has 0 unspecified atom stereocenters. The number of hydrogen-bond acceptors (Lipinski definition) is 5. The number of anilines is 3. The van der Waals surface area contributed by atoms with E-state index in [-0.39, 0.29) is 12.1 Å². The van der Waals surface area contributed by atoms with E-state index < -0.39 is 6.09 Å². The topological polar surface area (TPSA) is 81.6 Å². The molecule has 2 aromatic carbocycles. The van der Waals surface area contributed by atoms with Crippen LogP contribution in [0.1, 0.15) is 25.7 Å². The summed E-state index contributed by atoms with van der Waals surface area (Å²) < 4.78 is 0. The molecule has 0 radical (unpaired) electrons. The van der Waals surface area contributed by atoms with Crippen LogP contribution in [0.15, 0.2) is 54.7 Å². The van der Waals surface area contributed by atoms with Crippen LogP contribution in [0, 0.1) is 0 Å². The Bertz CT molecular complexity index is 1030. The van der Waals surface area contributed by atoms with Gasteiger partial charge in [0.1, 0.15) is 5.82 Å². The Kier molecular flexibility index (Phi) is 5.70. The summed E-state index contributed by atoms with van der Waals surface area (Å²) in [6.45, 7) is 0. The van der Waals surface area contributed by atoms with Crippen molar-refractivity contribution in [3.8, 4) is 0 Å². The molecule has 1 aliphatic rings. The van der Waals surface area contributed by atoms with Gasteiger partial charge in [-0.1, -0.05) is 30.3 Å². The van der Waals surface area contributed by atoms with Gasteiger partial charge in [-0.15, -0.1) is 0 Å². The highest BCUT2D eigenvalue weighted by Gasteiger charge is 2.30. The monoisotopic (exact) mass is 405 g/mol. The molecule has 0 atom stereocenters. The number of hydrogen-bond donors (Lipinski definition) is 2. The van der Waals surface area contributed by atoms with Crippen LogP contribution in [0.5, 0.6) is 0 Å². The van der Waals surface area contributed by atoms with Crippen LogP contribution in [0.2, 0.25) is 0 Å². The van der Waals surface area contributed by atoms with Crippen molar-refractivity contribution in [2.45, 2.75) is 37.8 Å². The normalized spacial score (nSPS) is 18.7. The summed E-state index contributed by atoms with van der Waals surface area (Å²) in [5.74, 6) is 1.48. The van der Waals surface area contributed by atoms with Crippen LogP contribution in [-0.2, 0) is 0 Å². The lowest BCUT2D eigenvalue weighted by atomic mass is 9.90. The van der Waals surface area contributed by atoms with Gasteiger partial charge < -0.3 is 15.3 Å². The number of amides is 1. The lowest BCUT2D eigenvalue weighted by Gasteiger charge is -2.35. The fraction of sp³-hybridized carbons (Fsp3) is 0.348. The van der Waals surface area contributed by atoms with Crippen LogP contribution in [0.4, 0.5) is 22.2 Å². The molecule has 1 saturated carbocycles. The summed E-state index contributed by atoms with van der Waals surface area (Å²) in [4.78, 5) is 24.4. The minimum Gasteiger partial charge on any atom is -0.465 e. The van der Waals surface area contributed by atoms with Crippen molar-refractivity contribution in [1.29, 1.82) is 0 Å². The van der Waals surface area contributed by atoms with Crippen LogP contribution < -0.4 is 15.1 Å². The molecule has 0 spiro atoms. The first-order valence-corrected chi connectivity index (χ1v) is 10.3. The smallest absolute Gasteiger partial charge is 0.412 e. The highest BCUT2D eigenvalue weighted by Crippen LogP contribution is 2.31. The van der Waals surface area contributed by atoms with Gasteiger partial charge in [-0.3, -0.25) is 4.90 Å². The summed E-state index contributed by atoms with van der Waals surface area (Å²) in [5, 5.41) is 15.5. The maximum atomic E-state index is 12.1. The predicted octanol–water partition coefficient (Wildman–Crippen LogP) is 4.60. The first-order chi connectivity index (χ1) is 14.5. The van der Waals surface area contributed by atoms with Crippen molar-refractivity contribution >= 4 is 34.3 Å². The highest BCUT2D eigenvalue weighted by molar-refractivity contribution is 5.92. The molecule has 4 rings (SSSR count). The molecule has 156 valence electrons. The lowest BCUT2D eigenvalue weighted by molar-refractivity contribution is 0.196. The average molecular weight is 406 g/mol. The van der Waals surface area contributed by atoms with Gasteiger partial charge in [0.15, 0.2) is 0 Å². The minimum atomic E-state index is -0.899. The van der Waals surface area contributed by atoms with Crippen molar-refractivity contribution < 1.29 is 9.90 Å². The molecule has 1 heterocycles. The largest absolute Gasteiger partial charge is 0.465 e. The molecule has 0 bridgehead atoms. The van der Waals surface area contributed by atoms with Crippen LogP contribution in [0.3, 0.4) is 0 Å². The van der Waals surface area contributed by atoms with Crippen LogP contribution in [-0.4, -0.2) is 47.3 Å². The van der Waals surface area contributed by atoms with E-state index in [0.717, 1.165) is 48.0 Å². The molecule has 30 heavy (non-hydrogen) atoms. The number of benzene rings is 2. The van der Waals surface area contributed by atoms with Gasteiger partial charge in [0.25, 0.3) is 0 Å². The fourth-order valence-corrected chi connectivity index (χ4v) is 4.13. The van der Waals surface area contributed by atoms with Crippen molar-refractivity contribution in [3.05, 3.63) is 54.7 Å². The van der Waals surface area contributed by atoms with E-state index >= 15 is 0 Å². The molecular formula is C23H27N5O2. The quantitative estimate of drug-likeness (QED) is 0.645. The first kappa shape index (κ1) is 19.9. The predicted molar refractivity (Wildman–Crippen MR) is 120 cm³/mol. The van der Waals surface area contributed by atoms with Crippen molar-refractivity contribution in [2.24, 2.45) is 0 Å². The second-order valence-electron chi connectivity index (χ2n) is 7.97. The number of carbonyl (C=O) groups is 1. The minimum absolute atomic E-state index is 0.0317. The molecule has 0 aliphatic heterocycles. The van der Waals surface area contributed by atoms with E-state index in [1.54, 1.807) is 6.20 Å². The molecule has 3 aromatic rings. The lowest BCUT2D eigenvalue weighted by Crippen LogP contribution is -2.43. The Balaban J connectivity index is 1.44. The van der Waals surface area contributed by atoms with Crippen molar-refractivity contribution in [3.63, 3.8) is 0 Å². The van der Waals surface area contributed by atoms with E-state index in [0.29, 0.717) is 5.95 Å². The third kappa shape index (κ3) is 4.30. The maximum Gasteiger partial charge on any atom is 0.412 e. The van der Waals surface area contributed by atoms with Gasteiger partial charge in [0, 0.05) is 38.1 Å². The Morgan fingerprint density at radius 1 is 1.03 bits per heavy atom. The van der Waals surface area contributed by atoms with Gasteiger partial charge in [0.05, 0.1) is 0 Å². The Labute approximate surface area is 176 Å². The van der Waals surface area contributed by atoms with E-state index in [9.17, 15) is 9.90 Å². The molecule has 1 aromatic heterocycles. The fourth-order valence-electron chi connectivity index (χ4n) is 4.13. The zero-order chi connectivity index (χ0) is 21.1. The number of fused-ring (bicyclic) bond motifs is 1. The summed E-state index contributed by atoms with van der Waals surface area (Å²) in [6.07, 6.45) is 4.19. The van der Waals surface area contributed by atoms with E-state index in [1.807, 2.05) is 67.5 Å². The van der Waals surface area contributed by atoms with Crippen LogP contribution >= 0.6 is 0 Å². The number of nitrogens with one attached hydrogen (secondary N) is 1. The standard InChI is InChI=1S/C23H27N5O2/c1-27(2)21-13-14-24-22(26-21)25-18-8-11-19(12-9-18)28(23(29)30)20-10-7-16-5-3-4-6-17(16)15-20/h3-7,10,13-15,18-19H,8-9,11-12H2,1-2H3,(H,29,30)(H,24,25,26)/t18-,19+. The molecule has 0 saturated heterocycles. The summed E-state index contributed by atoms with van der Waals surface area (Å²) >= 11 is 0. The Hall–Kier alpha value is -3.35. The van der Waals surface area contributed by atoms with Crippen LogP contribution in [0.25, 0.3) is 10.8 Å². The maximum absolute atomic E-state index is 12.1. The van der Waals surface area contributed by atoms with Crippen molar-refractivity contribution in [1.82, 2.24) is 9.97 Å². The zero-order valence-corrected chi connectivity index (χ0v) is 17.3. The van der Waals surface area contributed by atoms with Gasteiger partial charge >= 0.3 is 6.09 Å². The van der Waals surface area contributed by atoms with Gasteiger partial charge in [-0.25, -0.2) is 9.78 Å². The zero-order valence-electron chi connectivity index (χ0n) is 17.3. The third-order valence-electron chi connectivity index (χ3n) is 5.71. The SMILES string of the molecule is CN(C)c1ccnc(N[C@H]2CC[C@@H](N(C(=O)O)c3ccc4ccccc4c3)CC2)n1. The van der Waals surface area contributed by atoms with E-state index in [2.05, 4.69) is 15.3 Å². The second-order valence-corrected chi connectivity index (χ2v) is 7.97. The molecule has 1 fully saturated rings. The molecule has 7 heteroatoms. The van der Waals surface area contributed by atoms with Gasteiger partial charge in [-0.05, 0) is 54.7 Å². The summed E-state index contributed by atoms with van der Waals surface area (Å²) in [6, 6.07) is 16.0. The van der Waals surface area contributed by atoms with Crippen molar-refractivity contribution in [2.75, 3.05) is 29.2 Å².